The molecule has 1 heteroatoms. The molecular formula is C15H25N. The number of rotatable bonds is 6. The van der Waals surface area contributed by atoms with E-state index in [1.54, 1.807) is 0 Å². The van der Waals surface area contributed by atoms with Gasteiger partial charge in [-0.25, -0.2) is 0 Å². The van der Waals surface area contributed by atoms with E-state index in [1.165, 1.54) is 42.5 Å². The standard InChI is InChI=1S/C15H25N/c1-5-7-14(8-6-2)16-15-10-12(3)9-13(4)11-15/h9-11,14,16H,5-8H2,1-4H3. The van der Waals surface area contributed by atoms with Crippen molar-refractivity contribution in [2.45, 2.75) is 59.4 Å². The van der Waals surface area contributed by atoms with Gasteiger partial charge in [0.15, 0.2) is 0 Å². The second kappa shape index (κ2) is 6.57. The van der Waals surface area contributed by atoms with Crippen molar-refractivity contribution in [1.82, 2.24) is 0 Å². The molecule has 16 heavy (non-hydrogen) atoms. The maximum absolute atomic E-state index is 3.66. The van der Waals surface area contributed by atoms with Crippen LogP contribution in [0.2, 0.25) is 0 Å². The van der Waals surface area contributed by atoms with Crippen LogP contribution in [0.4, 0.5) is 5.69 Å². The lowest BCUT2D eigenvalue weighted by atomic mass is 10.1. The third-order valence-corrected chi connectivity index (χ3v) is 2.87. The molecule has 0 aromatic heterocycles. The summed E-state index contributed by atoms with van der Waals surface area (Å²) in [5.41, 5.74) is 3.97. The van der Waals surface area contributed by atoms with Gasteiger partial charge in [0.25, 0.3) is 0 Å². The number of benzene rings is 1. The maximum Gasteiger partial charge on any atom is 0.0347 e. The molecule has 0 saturated carbocycles. The van der Waals surface area contributed by atoms with Gasteiger partial charge in [-0.15, -0.1) is 0 Å². The molecule has 1 N–H and O–H groups in total. The molecule has 0 radical (unpaired) electrons. The highest BCUT2D eigenvalue weighted by Gasteiger charge is 2.06. The van der Waals surface area contributed by atoms with E-state index in [-0.39, 0.29) is 0 Å². The molecule has 0 saturated heterocycles. The van der Waals surface area contributed by atoms with Crippen molar-refractivity contribution in [1.29, 1.82) is 0 Å². The van der Waals surface area contributed by atoms with Gasteiger partial charge < -0.3 is 5.32 Å². The third kappa shape index (κ3) is 4.26. The quantitative estimate of drug-likeness (QED) is 0.732. The van der Waals surface area contributed by atoms with Gasteiger partial charge in [-0.2, -0.15) is 0 Å². The fourth-order valence-corrected chi connectivity index (χ4v) is 2.28. The first-order valence-corrected chi connectivity index (χ1v) is 6.50. The van der Waals surface area contributed by atoms with E-state index < -0.39 is 0 Å². The van der Waals surface area contributed by atoms with Crippen LogP contribution in [0, 0.1) is 13.8 Å². The molecule has 0 amide bonds. The fourth-order valence-electron chi connectivity index (χ4n) is 2.28. The minimum absolute atomic E-state index is 0.635. The van der Waals surface area contributed by atoms with E-state index in [0.29, 0.717) is 6.04 Å². The van der Waals surface area contributed by atoms with Crippen LogP contribution in [-0.2, 0) is 0 Å². The Morgan fingerprint density at radius 2 is 1.44 bits per heavy atom. The smallest absolute Gasteiger partial charge is 0.0347 e. The van der Waals surface area contributed by atoms with Crippen LogP contribution in [0.3, 0.4) is 0 Å². The molecule has 0 aliphatic rings. The van der Waals surface area contributed by atoms with E-state index in [9.17, 15) is 0 Å². The van der Waals surface area contributed by atoms with E-state index in [2.05, 4.69) is 51.2 Å². The summed E-state index contributed by atoms with van der Waals surface area (Å²) in [6.45, 7) is 8.83. The summed E-state index contributed by atoms with van der Waals surface area (Å²) in [5.74, 6) is 0. The Bertz CT molecular complexity index is 291. The van der Waals surface area contributed by atoms with Crippen molar-refractivity contribution >= 4 is 5.69 Å². The number of nitrogens with one attached hydrogen (secondary N) is 1. The third-order valence-electron chi connectivity index (χ3n) is 2.87. The van der Waals surface area contributed by atoms with E-state index in [4.69, 9.17) is 0 Å². The Labute approximate surface area is 100 Å². The molecule has 1 rings (SSSR count). The zero-order valence-electron chi connectivity index (χ0n) is 11.1. The van der Waals surface area contributed by atoms with Crippen LogP contribution in [0.15, 0.2) is 18.2 Å². The summed E-state index contributed by atoms with van der Waals surface area (Å²) in [5, 5.41) is 3.66. The average Bonchev–Trinajstić information content (AvgIpc) is 2.16. The molecule has 0 spiro atoms. The molecule has 1 nitrogen and oxygen atoms in total. The van der Waals surface area contributed by atoms with Crippen molar-refractivity contribution in [3.8, 4) is 0 Å². The summed E-state index contributed by atoms with van der Waals surface area (Å²) in [4.78, 5) is 0. The van der Waals surface area contributed by atoms with Gasteiger partial charge in [0.2, 0.25) is 0 Å². The molecule has 1 aromatic carbocycles. The van der Waals surface area contributed by atoms with Crippen LogP contribution in [-0.4, -0.2) is 6.04 Å². The highest BCUT2D eigenvalue weighted by Crippen LogP contribution is 2.17. The molecule has 0 aliphatic heterocycles. The van der Waals surface area contributed by atoms with Crippen molar-refractivity contribution in [2.24, 2.45) is 0 Å². The minimum atomic E-state index is 0.635. The summed E-state index contributed by atoms with van der Waals surface area (Å²) in [6, 6.07) is 7.34. The topological polar surface area (TPSA) is 12.0 Å². The van der Waals surface area contributed by atoms with Crippen LogP contribution >= 0.6 is 0 Å². The first-order chi connectivity index (χ1) is 7.65. The number of anilines is 1. The van der Waals surface area contributed by atoms with Gasteiger partial charge in [0, 0.05) is 11.7 Å². The zero-order chi connectivity index (χ0) is 12.0. The molecule has 0 fully saturated rings. The Morgan fingerprint density at radius 3 is 1.88 bits per heavy atom. The molecule has 90 valence electrons. The van der Waals surface area contributed by atoms with E-state index in [1.807, 2.05) is 0 Å². The average molecular weight is 219 g/mol. The number of hydrogen-bond acceptors (Lipinski definition) is 1. The predicted octanol–water partition coefficient (Wildman–Crippen LogP) is 4.68. The van der Waals surface area contributed by atoms with Gasteiger partial charge in [0.05, 0.1) is 0 Å². The maximum atomic E-state index is 3.66. The Balaban J connectivity index is 2.68. The highest BCUT2D eigenvalue weighted by atomic mass is 14.9. The van der Waals surface area contributed by atoms with Crippen molar-refractivity contribution < 1.29 is 0 Å². The van der Waals surface area contributed by atoms with Crippen LogP contribution in [0.1, 0.15) is 50.7 Å². The molecule has 0 unspecified atom stereocenters. The Kier molecular flexibility index (Phi) is 5.37. The molecule has 0 heterocycles. The SMILES string of the molecule is CCCC(CCC)Nc1cc(C)cc(C)c1. The first kappa shape index (κ1) is 13.1. The summed E-state index contributed by atoms with van der Waals surface area (Å²) >= 11 is 0. The first-order valence-electron chi connectivity index (χ1n) is 6.50. The fraction of sp³-hybridized carbons (Fsp3) is 0.600. The lowest BCUT2D eigenvalue weighted by molar-refractivity contribution is 0.586. The molecule has 0 bridgehead atoms. The van der Waals surface area contributed by atoms with Crippen LogP contribution in [0.5, 0.6) is 0 Å². The summed E-state index contributed by atoms with van der Waals surface area (Å²) < 4.78 is 0. The largest absolute Gasteiger partial charge is 0.382 e. The van der Waals surface area contributed by atoms with Crippen molar-refractivity contribution in [3.63, 3.8) is 0 Å². The lowest BCUT2D eigenvalue weighted by Crippen LogP contribution is -2.18. The molecular weight excluding hydrogens is 194 g/mol. The van der Waals surface area contributed by atoms with E-state index >= 15 is 0 Å². The van der Waals surface area contributed by atoms with Gasteiger partial charge in [-0.3, -0.25) is 0 Å². The predicted molar refractivity (Wildman–Crippen MR) is 73.1 cm³/mol. The monoisotopic (exact) mass is 219 g/mol. The second-order valence-electron chi connectivity index (χ2n) is 4.79. The van der Waals surface area contributed by atoms with Crippen LogP contribution in [0.25, 0.3) is 0 Å². The molecule has 0 aliphatic carbocycles. The van der Waals surface area contributed by atoms with Gasteiger partial charge in [-0.05, 0) is 49.9 Å². The molecule has 0 atom stereocenters. The summed E-state index contributed by atoms with van der Waals surface area (Å²) in [7, 11) is 0. The normalized spacial score (nSPS) is 10.8. The zero-order valence-corrected chi connectivity index (χ0v) is 11.1. The highest BCUT2D eigenvalue weighted by molar-refractivity contribution is 5.49. The lowest BCUT2D eigenvalue weighted by Gasteiger charge is -2.19. The van der Waals surface area contributed by atoms with Gasteiger partial charge >= 0.3 is 0 Å². The number of hydrogen-bond donors (Lipinski definition) is 1. The van der Waals surface area contributed by atoms with E-state index in [0.717, 1.165) is 0 Å². The van der Waals surface area contributed by atoms with Crippen molar-refractivity contribution in [3.05, 3.63) is 29.3 Å². The van der Waals surface area contributed by atoms with Crippen molar-refractivity contribution in [2.75, 3.05) is 5.32 Å². The second-order valence-corrected chi connectivity index (χ2v) is 4.79. The molecule has 1 aromatic rings. The minimum Gasteiger partial charge on any atom is -0.382 e. The summed E-state index contributed by atoms with van der Waals surface area (Å²) in [6.07, 6.45) is 5.03. The Morgan fingerprint density at radius 1 is 0.938 bits per heavy atom. The Hall–Kier alpha value is -0.980. The van der Waals surface area contributed by atoms with Crippen LogP contribution < -0.4 is 5.32 Å². The van der Waals surface area contributed by atoms with Gasteiger partial charge in [-0.1, -0.05) is 32.8 Å². The van der Waals surface area contributed by atoms with Gasteiger partial charge in [0.1, 0.15) is 0 Å². The number of aryl methyl sites for hydroxylation is 2.